The molecule has 0 saturated heterocycles. The van der Waals surface area contributed by atoms with Crippen LogP contribution in [0.15, 0.2) is 57.8 Å². The second kappa shape index (κ2) is 5.46. The van der Waals surface area contributed by atoms with E-state index in [1.165, 1.54) is 12.1 Å². The van der Waals surface area contributed by atoms with E-state index in [9.17, 15) is 13.9 Å². The van der Waals surface area contributed by atoms with Crippen LogP contribution in [0.5, 0.6) is 0 Å². The first-order valence-electron chi connectivity index (χ1n) is 6.91. The molecule has 0 bridgehead atoms. The van der Waals surface area contributed by atoms with Gasteiger partial charge in [-0.15, -0.1) is 4.40 Å². The number of amidine groups is 1. The molecule has 0 saturated carbocycles. The number of benzene rings is 2. The lowest BCUT2D eigenvalue weighted by Gasteiger charge is -2.10. The SMILES string of the molecule is Cc1ccc(S(=O)(=O)N=C2C(=[N+]=[N-])c3ccccc3N2C)cc1. The summed E-state index contributed by atoms with van der Waals surface area (Å²) in [4.78, 5) is 4.92. The molecule has 0 aliphatic carbocycles. The quantitative estimate of drug-likeness (QED) is 0.626. The molecule has 0 radical (unpaired) electrons. The zero-order chi connectivity index (χ0) is 16.6. The van der Waals surface area contributed by atoms with Crippen LogP contribution in [0.4, 0.5) is 5.69 Å². The first-order valence-corrected chi connectivity index (χ1v) is 8.35. The Kier molecular flexibility index (Phi) is 3.60. The third kappa shape index (κ3) is 2.56. The Hall–Kier alpha value is -2.76. The molecule has 3 rings (SSSR count). The molecule has 7 heteroatoms. The van der Waals surface area contributed by atoms with Crippen molar-refractivity contribution in [3.63, 3.8) is 0 Å². The molecule has 0 N–H and O–H groups in total. The van der Waals surface area contributed by atoms with Crippen LogP contribution in [-0.4, -0.2) is 31.8 Å². The van der Waals surface area contributed by atoms with E-state index in [2.05, 4.69) is 9.19 Å². The van der Waals surface area contributed by atoms with Crippen LogP contribution in [-0.2, 0) is 10.0 Å². The smallest absolute Gasteiger partial charge is 0.361 e. The molecular formula is C16H14N4O2S. The maximum Gasteiger partial charge on any atom is 0.367 e. The molecule has 2 aromatic rings. The first-order chi connectivity index (χ1) is 10.9. The van der Waals surface area contributed by atoms with Gasteiger partial charge in [0.2, 0.25) is 5.84 Å². The van der Waals surface area contributed by atoms with Crippen molar-refractivity contribution in [3.05, 3.63) is 65.2 Å². The molecule has 0 amide bonds. The average molecular weight is 326 g/mol. The monoisotopic (exact) mass is 326 g/mol. The number of hydrogen-bond acceptors (Lipinski definition) is 2. The van der Waals surface area contributed by atoms with E-state index in [1.807, 2.05) is 19.1 Å². The minimum atomic E-state index is -3.90. The first kappa shape index (κ1) is 15.1. The lowest BCUT2D eigenvalue weighted by atomic mass is 10.1. The van der Waals surface area contributed by atoms with Crippen LogP contribution in [0.25, 0.3) is 5.53 Å². The fourth-order valence-corrected chi connectivity index (χ4v) is 3.46. The van der Waals surface area contributed by atoms with Gasteiger partial charge in [-0.3, -0.25) is 0 Å². The van der Waals surface area contributed by atoms with Gasteiger partial charge in [0.25, 0.3) is 10.0 Å². The maximum absolute atomic E-state index is 12.5. The van der Waals surface area contributed by atoms with E-state index in [0.717, 1.165) is 11.3 Å². The highest BCUT2D eigenvalue weighted by atomic mass is 32.2. The van der Waals surface area contributed by atoms with Gasteiger partial charge in [0, 0.05) is 7.05 Å². The minimum Gasteiger partial charge on any atom is -0.361 e. The molecular weight excluding hydrogens is 312 g/mol. The largest absolute Gasteiger partial charge is 0.367 e. The zero-order valence-electron chi connectivity index (χ0n) is 12.6. The normalized spacial score (nSPS) is 15.7. The third-order valence-electron chi connectivity index (χ3n) is 3.68. The minimum absolute atomic E-state index is 0.0919. The molecule has 1 heterocycles. The van der Waals surface area contributed by atoms with Crippen molar-refractivity contribution < 1.29 is 13.2 Å². The number of para-hydroxylation sites is 1. The van der Waals surface area contributed by atoms with Gasteiger partial charge in [0.1, 0.15) is 0 Å². The predicted molar refractivity (Wildman–Crippen MR) is 88.4 cm³/mol. The van der Waals surface area contributed by atoms with E-state index in [1.54, 1.807) is 36.2 Å². The molecule has 116 valence electrons. The Morgan fingerprint density at radius 1 is 1.09 bits per heavy atom. The van der Waals surface area contributed by atoms with Crippen LogP contribution >= 0.6 is 0 Å². The standard InChI is InChI=1S/C16H14N4O2S/c1-11-7-9-12(10-8-11)23(21,22)19-16-15(18-17)13-5-3-4-6-14(13)20(16)2/h3-10H,1-2H3. The number of aryl methyl sites for hydroxylation is 1. The van der Waals surface area contributed by atoms with Crippen molar-refractivity contribution in [2.24, 2.45) is 4.40 Å². The summed E-state index contributed by atoms with van der Waals surface area (Å²) in [7, 11) is -2.22. The van der Waals surface area contributed by atoms with Gasteiger partial charge in [0.15, 0.2) is 0 Å². The molecule has 0 fully saturated rings. The van der Waals surface area contributed by atoms with Gasteiger partial charge in [-0.1, -0.05) is 29.8 Å². The molecule has 1 aliphatic heterocycles. The van der Waals surface area contributed by atoms with Crippen molar-refractivity contribution in [2.45, 2.75) is 11.8 Å². The lowest BCUT2D eigenvalue weighted by molar-refractivity contribution is -0.000201. The van der Waals surface area contributed by atoms with Crippen molar-refractivity contribution >= 4 is 27.3 Å². The number of rotatable bonds is 2. The Morgan fingerprint density at radius 3 is 2.39 bits per heavy atom. The van der Waals surface area contributed by atoms with Gasteiger partial charge in [-0.2, -0.15) is 13.2 Å². The van der Waals surface area contributed by atoms with Gasteiger partial charge < -0.3 is 10.4 Å². The van der Waals surface area contributed by atoms with Crippen LogP contribution < -0.4 is 4.90 Å². The zero-order valence-corrected chi connectivity index (χ0v) is 13.4. The van der Waals surface area contributed by atoms with Gasteiger partial charge in [-0.05, 0) is 31.2 Å². The van der Waals surface area contributed by atoms with Crippen LogP contribution in [0, 0.1) is 6.92 Å². The van der Waals surface area contributed by atoms with Crippen LogP contribution in [0.3, 0.4) is 0 Å². The van der Waals surface area contributed by atoms with Crippen molar-refractivity contribution in [2.75, 3.05) is 11.9 Å². The number of fused-ring (bicyclic) bond motifs is 1. The van der Waals surface area contributed by atoms with E-state index >= 15 is 0 Å². The summed E-state index contributed by atoms with van der Waals surface area (Å²) in [5.41, 5.74) is 11.8. The summed E-state index contributed by atoms with van der Waals surface area (Å²) in [6, 6.07) is 13.6. The van der Waals surface area contributed by atoms with E-state index in [4.69, 9.17) is 0 Å². The molecule has 1 aliphatic rings. The van der Waals surface area contributed by atoms with Gasteiger partial charge in [-0.25, -0.2) is 0 Å². The molecule has 2 aromatic carbocycles. The highest BCUT2D eigenvalue weighted by Gasteiger charge is 2.37. The number of anilines is 1. The van der Waals surface area contributed by atoms with Crippen LogP contribution in [0.1, 0.15) is 11.1 Å². The molecule has 0 aromatic heterocycles. The Morgan fingerprint density at radius 2 is 1.74 bits per heavy atom. The Bertz CT molecular complexity index is 956. The van der Waals surface area contributed by atoms with Crippen molar-refractivity contribution in [1.29, 1.82) is 0 Å². The summed E-state index contributed by atoms with van der Waals surface area (Å²) in [6.45, 7) is 1.88. The van der Waals surface area contributed by atoms with E-state index in [-0.39, 0.29) is 16.4 Å². The molecule has 0 spiro atoms. The number of sulfonamides is 1. The molecule has 0 atom stereocenters. The van der Waals surface area contributed by atoms with Crippen LogP contribution in [0.2, 0.25) is 0 Å². The van der Waals surface area contributed by atoms with Crippen molar-refractivity contribution in [1.82, 2.24) is 0 Å². The van der Waals surface area contributed by atoms with Crippen molar-refractivity contribution in [3.8, 4) is 0 Å². The number of hydrogen-bond donors (Lipinski definition) is 0. The molecule has 6 nitrogen and oxygen atoms in total. The summed E-state index contributed by atoms with van der Waals surface area (Å²) >= 11 is 0. The third-order valence-corrected chi connectivity index (χ3v) is 4.96. The summed E-state index contributed by atoms with van der Waals surface area (Å²) in [5, 5.41) is 0. The van der Waals surface area contributed by atoms with Gasteiger partial charge >= 0.3 is 5.71 Å². The predicted octanol–water partition coefficient (Wildman–Crippen LogP) is 2.25. The molecule has 23 heavy (non-hydrogen) atoms. The summed E-state index contributed by atoms with van der Waals surface area (Å²) in [5.74, 6) is 0.0919. The number of nitrogens with zero attached hydrogens (tertiary/aromatic N) is 4. The fourth-order valence-electron chi connectivity index (χ4n) is 2.44. The average Bonchev–Trinajstić information content (AvgIpc) is 2.80. The summed E-state index contributed by atoms with van der Waals surface area (Å²) in [6.07, 6.45) is 0. The highest BCUT2D eigenvalue weighted by molar-refractivity contribution is 7.90. The Labute approximate surface area is 134 Å². The summed E-state index contributed by atoms with van der Waals surface area (Å²) < 4.78 is 28.9. The maximum atomic E-state index is 12.5. The van der Waals surface area contributed by atoms with E-state index < -0.39 is 10.0 Å². The van der Waals surface area contributed by atoms with Gasteiger partial charge in [0.05, 0.1) is 16.1 Å². The number of likely N-dealkylation sites (N-methyl/N-ethyl adjacent to an activating group) is 1. The van der Waals surface area contributed by atoms with E-state index in [0.29, 0.717) is 5.56 Å². The fraction of sp³-hybridized carbons (Fsp3) is 0.125. The second-order valence-corrected chi connectivity index (χ2v) is 6.83. The Balaban J connectivity index is 2.13. The lowest BCUT2D eigenvalue weighted by Crippen LogP contribution is -2.28. The topological polar surface area (TPSA) is 86.1 Å². The molecule has 0 unspecified atom stereocenters. The highest BCUT2D eigenvalue weighted by Crippen LogP contribution is 2.28. The second-order valence-electron chi connectivity index (χ2n) is 5.23.